The van der Waals surface area contributed by atoms with Crippen molar-refractivity contribution in [3.05, 3.63) is 11.8 Å². The van der Waals surface area contributed by atoms with Crippen molar-refractivity contribution in [1.29, 1.82) is 0 Å². The molecule has 1 unspecified atom stereocenters. The first kappa shape index (κ1) is 16.4. The molecule has 6 heteroatoms. The SMILES string of the molecule is CCC(CCCSc1cc(C)nn1C)(NC1CC1)C(=O)O. The molecule has 1 heterocycles. The summed E-state index contributed by atoms with van der Waals surface area (Å²) in [5.74, 6) is 0.207. The predicted molar refractivity (Wildman–Crippen MR) is 84.7 cm³/mol. The van der Waals surface area contributed by atoms with E-state index in [1.54, 1.807) is 11.8 Å². The Balaban J connectivity index is 1.84. The summed E-state index contributed by atoms with van der Waals surface area (Å²) >= 11 is 1.75. The van der Waals surface area contributed by atoms with E-state index >= 15 is 0 Å². The van der Waals surface area contributed by atoms with Gasteiger partial charge in [-0.2, -0.15) is 5.10 Å². The van der Waals surface area contributed by atoms with Crippen molar-refractivity contribution in [2.75, 3.05) is 5.75 Å². The van der Waals surface area contributed by atoms with Crippen LogP contribution in [0.5, 0.6) is 0 Å². The fourth-order valence-corrected chi connectivity index (χ4v) is 3.54. The van der Waals surface area contributed by atoms with E-state index in [2.05, 4.69) is 16.5 Å². The third-order valence-electron chi connectivity index (χ3n) is 4.03. The van der Waals surface area contributed by atoms with Crippen LogP contribution in [0.15, 0.2) is 11.1 Å². The Bertz CT molecular complexity index is 499. The van der Waals surface area contributed by atoms with Gasteiger partial charge in [-0.1, -0.05) is 6.92 Å². The zero-order chi connectivity index (χ0) is 15.5. The zero-order valence-electron chi connectivity index (χ0n) is 13.1. The van der Waals surface area contributed by atoms with E-state index in [9.17, 15) is 9.90 Å². The summed E-state index contributed by atoms with van der Waals surface area (Å²) in [5, 5.41) is 18.4. The van der Waals surface area contributed by atoms with Crippen molar-refractivity contribution in [2.45, 2.75) is 62.6 Å². The molecule has 118 valence electrons. The average Bonchev–Trinajstić information content (AvgIpc) is 3.18. The standard InChI is InChI=1S/C15H25N3O2S/c1-4-15(14(19)20,16-12-6-7-12)8-5-9-21-13-10-11(2)17-18(13)3/h10,12,16H,4-9H2,1-3H3,(H,19,20). The van der Waals surface area contributed by atoms with Gasteiger partial charge in [0.1, 0.15) is 5.54 Å². The quantitative estimate of drug-likeness (QED) is 0.542. The first-order valence-electron chi connectivity index (χ1n) is 7.61. The number of hydrogen-bond acceptors (Lipinski definition) is 4. The van der Waals surface area contributed by atoms with Crippen LogP contribution >= 0.6 is 11.8 Å². The highest BCUT2D eigenvalue weighted by Crippen LogP contribution is 2.28. The Kier molecular flexibility index (Phi) is 5.32. The lowest BCUT2D eigenvalue weighted by Crippen LogP contribution is -2.52. The van der Waals surface area contributed by atoms with Crippen molar-refractivity contribution in [2.24, 2.45) is 7.05 Å². The summed E-state index contributed by atoms with van der Waals surface area (Å²) in [6.07, 6.45) is 4.42. The largest absolute Gasteiger partial charge is 0.480 e. The Morgan fingerprint density at radius 2 is 2.33 bits per heavy atom. The van der Waals surface area contributed by atoms with E-state index in [0.717, 1.165) is 35.7 Å². The molecule has 1 aliphatic rings. The highest BCUT2D eigenvalue weighted by atomic mass is 32.2. The Hall–Kier alpha value is -1.01. The lowest BCUT2D eigenvalue weighted by atomic mass is 9.90. The van der Waals surface area contributed by atoms with Crippen LogP contribution < -0.4 is 5.32 Å². The van der Waals surface area contributed by atoms with Crippen LogP contribution in [0.25, 0.3) is 0 Å². The van der Waals surface area contributed by atoms with Gasteiger partial charge in [-0.3, -0.25) is 14.8 Å². The molecule has 0 bridgehead atoms. The molecule has 0 amide bonds. The van der Waals surface area contributed by atoms with Crippen LogP contribution in [0.2, 0.25) is 0 Å². The topological polar surface area (TPSA) is 67.2 Å². The zero-order valence-corrected chi connectivity index (χ0v) is 13.9. The predicted octanol–water partition coefficient (Wildman–Crippen LogP) is 2.59. The Labute approximate surface area is 130 Å². The summed E-state index contributed by atoms with van der Waals surface area (Å²) in [6, 6.07) is 2.48. The van der Waals surface area contributed by atoms with Gasteiger partial charge in [0.25, 0.3) is 0 Å². The third kappa shape index (κ3) is 4.23. The molecular weight excluding hydrogens is 286 g/mol. The Morgan fingerprint density at radius 3 is 2.81 bits per heavy atom. The van der Waals surface area contributed by atoms with Crippen molar-refractivity contribution in [3.63, 3.8) is 0 Å². The van der Waals surface area contributed by atoms with Crippen LogP contribution in [-0.4, -0.2) is 38.2 Å². The van der Waals surface area contributed by atoms with E-state index in [0.29, 0.717) is 18.9 Å². The van der Waals surface area contributed by atoms with Gasteiger partial charge >= 0.3 is 5.97 Å². The minimum atomic E-state index is -0.746. The molecular formula is C15H25N3O2S. The fraction of sp³-hybridized carbons (Fsp3) is 0.733. The highest BCUT2D eigenvalue weighted by Gasteiger charge is 2.40. The van der Waals surface area contributed by atoms with Crippen molar-refractivity contribution in [1.82, 2.24) is 15.1 Å². The summed E-state index contributed by atoms with van der Waals surface area (Å²) in [4.78, 5) is 11.7. The summed E-state index contributed by atoms with van der Waals surface area (Å²) in [6.45, 7) is 3.94. The molecule has 1 aromatic heterocycles. The molecule has 1 aliphatic carbocycles. The van der Waals surface area contributed by atoms with Crippen LogP contribution in [-0.2, 0) is 11.8 Å². The first-order valence-corrected chi connectivity index (χ1v) is 8.60. The fourth-order valence-electron chi connectivity index (χ4n) is 2.56. The highest BCUT2D eigenvalue weighted by molar-refractivity contribution is 7.99. The van der Waals surface area contributed by atoms with Crippen LogP contribution in [0.3, 0.4) is 0 Å². The van der Waals surface area contributed by atoms with E-state index in [1.165, 1.54) is 0 Å². The summed E-state index contributed by atoms with van der Waals surface area (Å²) < 4.78 is 1.88. The number of nitrogens with zero attached hydrogens (tertiary/aromatic N) is 2. The monoisotopic (exact) mass is 311 g/mol. The second-order valence-electron chi connectivity index (χ2n) is 5.86. The molecule has 0 aliphatic heterocycles. The number of aliphatic carboxylic acids is 1. The van der Waals surface area contributed by atoms with E-state index < -0.39 is 11.5 Å². The van der Waals surface area contributed by atoms with Gasteiger partial charge in [-0.25, -0.2) is 0 Å². The van der Waals surface area contributed by atoms with Gasteiger partial charge in [0, 0.05) is 13.1 Å². The van der Waals surface area contributed by atoms with E-state index in [1.807, 2.05) is 25.6 Å². The Morgan fingerprint density at radius 1 is 1.62 bits per heavy atom. The maximum atomic E-state index is 11.7. The summed E-state index contributed by atoms with van der Waals surface area (Å²) in [7, 11) is 1.94. The maximum absolute atomic E-state index is 11.7. The molecule has 0 saturated heterocycles. The van der Waals surface area contributed by atoms with Gasteiger partial charge in [0.05, 0.1) is 10.7 Å². The van der Waals surface area contributed by atoms with Crippen LogP contribution in [0.1, 0.15) is 44.7 Å². The van der Waals surface area contributed by atoms with Gasteiger partial charge in [0.2, 0.25) is 0 Å². The van der Waals surface area contributed by atoms with Gasteiger partial charge in [-0.15, -0.1) is 11.8 Å². The number of thioether (sulfide) groups is 1. The van der Waals surface area contributed by atoms with Crippen LogP contribution in [0, 0.1) is 6.92 Å². The van der Waals surface area contributed by atoms with Gasteiger partial charge in [-0.05, 0) is 50.8 Å². The molecule has 21 heavy (non-hydrogen) atoms. The van der Waals surface area contributed by atoms with Crippen molar-refractivity contribution in [3.8, 4) is 0 Å². The van der Waals surface area contributed by atoms with Crippen molar-refractivity contribution < 1.29 is 9.90 Å². The first-order chi connectivity index (χ1) is 9.97. The third-order valence-corrected chi connectivity index (χ3v) is 5.20. The molecule has 1 fully saturated rings. The summed E-state index contributed by atoms with van der Waals surface area (Å²) in [5.41, 5.74) is 0.272. The second kappa shape index (κ2) is 6.83. The van der Waals surface area contributed by atoms with E-state index in [4.69, 9.17) is 0 Å². The van der Waals surface area contributed by atoms with E-state index in [-0.39, 0.29) is 0 Å². The minimum Gasteiger partial charge on any atom is -0.480 e. The lowest BCUT2D eigenvalue weighted by molar-refractivity contribution is -0.145. The number of carbonyl (C=O) groups is 1. The number of carboxylic acid groups (broad SMARTS) is 1. The molecule has 1 atom stereocenters. The number of aryl methyl sites for hydroxylation is 2. The van der Waals surface area contributed by atoms with Gasteiger partial charge < -0.3 is 5.11 Å². The molecule has 0 aromatic carbocycles. The normalized spacial score (nSPS) is 17.7. The molecule has 0 spiro atoms. The minimum absolute atomic E-state index is 0.411. The van der Waals surface area contributed by atoms with Gasteiger partial charge in [0.15, 0.2) is 0 Å². The second-order valence-corrected chi connectivity index (χ2v) is 6.97. The molecule has 1 saturated carbocycles. The molecule has 2 rings (SSSR count). The number of aromatic nitrogens is 2. The maximum Gasteiger partial charge on any atom is 0.323 e. The number of nitrogens with one attached hydrogen (secondary N) is 1. The van der Waals surface area contributed by atoms with Crippen molar-refractivity contribution >= 4 is 17.7 Å². The average molecular weight is 311 g/mol. The number of hydrogen-bond donors (Lipinski definition) is 2. The smallest absolute Gasteiger partial charge is 0.323 e. The molecule has 5 nitrogen and oxygen atoms in total. The number of carboxylic acids is 1. The molecule has 0 radical (unpaired) electrons. The molecule has 1 aromatic rings. The lowest BCUT2D eigenvalue weighted by Gasteiger charge is -2.29. The van der Waals surface area contributed by atoms with Crippen LogP contribution in [0.4, 0.5) is 0 Å². The molecule has 2 N–H and O–H groups in total. The number of rotatable bonds is 9.